The second-order valence-electron chi connectivity index (χ2n) is 6.40. The van der Waals surface area contributed by atoms with Gasteiger partial charge >= 0.3 is 11.9 Å². The number of benzene rings is 1. The summed E-state index contributed by atoms with van der Waals surface area (Å²) in [5, 5.41) is 2.40. The molecule has 0 saturated heterocycles. The zero-order chi connectivity index (χ0) is 22.8. The quantitative estimate of drug-likeness (QED) is 0.447. The van der Waals surface area contributed by atoms with E-state index in [9.17, 15) is 18.8 Å². The van der Waals surface area contributed by atoms with E-state index in [1.165, 1.54) is 38.4 Å². The molecule has 1 heterocycles. The van der Waals surface area contributed by atoms with Gasteiger partial charge in [0.1, 0.15) is 18.5 Å². The van der Waals surface area contributed by atoms with Crippen molar-refractivity contribution in [3.63, 3.8) is 0 Å². The molecule has 1 N–H and O–H groups in total. The summed E-state index contributed by atoms with van der Waals surface area (Å²) >= 11 is 0. The van der Waals surface area contributed by atoms with Crippen LogP contribution < -0.4 is 14.8 Å². The molecule has 1 atom stereocenters. The summed E-state index contributed by atoms with van der Waals surface area (Å²) in [7, 11) is 1.37. The fourth-order valence-corrected chi connectivity index (χ4v) is 2.56. The number of ether oxygens (including phenoxy) is 4. The van der Waals surface area contributed by atoms with Gasteiger partial charge in [-0.15, -0.1) is 0 Å². The number of amides is 1. The third kappa shape index (κ3) is 7.57. The zero-order valence-electron chi connectivity index (χ0n) is 17.3. The predicted molar refractivity (Wildman–Crippen MR) is 106 cm³/mol. The van der Waals surface area contributed by atoms with E-state index in [0.717, 1.165) is 5.56 Å². The largest absolute Gasteiger partial charge is 0.493 e. The number of halogens is 1. The number of nitrogens with one attached hydrogen (secondary N) is 1. The number of rotatable bonds is 10. The van der Waals surface area contributed by atoms with Crippen LogP contribution in [0.2, 0.25) is 0 Å². The van der Waals surface area contributed by atoms with Gasteiger partial charge in [-0.05, 0) is 24.6 Å². The van der Waals surface area contributed by atoms with Crippen molar-refractivity contribution < 1.29 is 37.7 Å². The van der Waals surface area contributed by atoms with Gasteiger partial charge < -0.3 is 24.3 Å². The molecule has 10 heteroatoms. The number of methoxy groups -OCH3 is 1. The van der Waals surface area contributed by atoms with Crippen molar-refractivity contribution in [2.45, 2.75) is 26.4 Å². The summed E-state index contributed by atoms with van der Waals surface area (Å²) in [5.74, 6) is -2.12. The maximum absolute atomic E-state index is 13.0. The van der Waals surface area contributed by atoms with Crippen LogP contribution >= 0.6 is 0 Å². The van der Waals surface area contributed by atoms with E-state index in [-0.39, 0.29) is 23.0 Å². The number of carbonyl (C=O) groups is 3. The standard InChI is InChI=1S/C21H23FN2O7/c1-13(10-15-4-6-16(22)7-5-15)31-18(26)11-24-21(27)19-20(30-12-29-14(2)25)17(28-3)8-9-23-19/h4-9,13H,10-12H2,1-3H3,(H,24,27). The van der Waals surface area contributed by atoms with Crippen molar-refractivity contribution >= 4 is 17.8 Å². The SMILES string of the molecule is COc1ccnc(C(=O)NCC(=O)OC(C)Cc2ccc(F)cc2)c1OCOC(C)=O. The summed E-state index contributed by atoms with van der Waals surface area (Å²) in [6, 6.07) is 7.32. The fourth-order valence-electron chi connectivity index (χ4n) is 2.56. The van der Waals surface area contributed by atoms with Gasteiger partial charge in [0, 0.05) is 25.6 Å². The Labute approximate surface area is 178 Å². The van der Waals surface area contributed by atoms with E-state index in [1.54, 1.807) is 19.1 Å². The van der Waals surface area contributed by atoms with Gasteiger partial charge in [-0.2, -0.15) is 0 Å². The van der Waals surface area contributed by atoms with Crippen LogP contribution in [0, 0.1) is 5.82 Å². The summed E-state index contributed by atoms with van der Waals surface area (Å²) < 4.78 is 33.4. The molecule has 0 saturated carbocycles. The Morgan fingerprint density at radius 2 is 1.87 bits per heavy atom. The molecule has 1 aromatic heterocycles. The summed E-state index contributed by atoms with van der Waals surface area (Å²) in [4.78, 5) is 39.4. The number of hydrogen-bond donors (Lipinski definition) is 1. The molecule has 2 rings (SSSR count). The van der Waals surface area contributed by atoms with Crippen LogP contribution in [0.5, 0.6) is 11.5 Å². The molecule has 31 heavy (non-hydrogen) atoms. The molecule has 0 aliphatic heterocycles. The number of pyridine rings is 1. The van der Waals surface area contributed by atoms with Gasteiger partial charge in [0.2, 0.25) is 6.79 Å². The van der Waals surface area contributed by atoms with E-state index >= 15 is 0 Å². The molecule has 0 aliphatic carbocycles. The Morgan fingerprint density at radius 3 is 2.52 bits per heavy atom. The maximum atomic E-state index is 13.0. The first-order valence-electron chi connectivity index (χ1n) is 9.31. The smallest absolute Gasteiger partial charge is 0.325 e. The van der Waals surface area contributed by atoms with Crippen LogP contribution in [0.4, 0.5) is 4.39 Å². The predicted octanol–water partition coefficient (Wildman–Crippen LogP) is 2.03. The highest BCUT2D eigenvalue weighted by atomic mass is 19.1. The maximum Gasteiger partial charge on any atom is 0.325 e. The van der Waals surface area contributed by atoms with Crippen molar-refractivity contribution in [1.82, 2.24) is 10.3 Å². The molecule has 0 fully saturated rings. The molecule has 9 nitrogen and oxygen atoms in total. The third-order valence-electron chi connectivity index (χ3n) is 3.93. The average molecular weight is 434 g/mol. The minimum atomic E-state index is -0.708. The van der Waals surface area contributed by atoms with Crippen molar-refractivity contribution in [3.05, 3.63) is 53.6 Å². The molecule has 0 spiro atoms. The lowest BCUT2D eigenvalue weighted by Crippen LogP contribution is -2.33. The lowest BCUT2D eigenvalue weighted by atomic mass is 10.1. The summed E-state index contributed by atoms with van der Waals surface area (Å²) in [6.45, 7) is 2.04. The van der Waals surface area contributed by atoms with Gasteiger partial charge in [0.25, 0.3) is 5.91 Å². The molecule has 1 amide bonds. The lowest BCUT2D eigenvalue weighted by molar-refractivity contribution is -0.148. The monoisotopic (exact) mass is 434 g/mol. The fraction of sp³-hybridized carbons (Fsp3) is 0.333. The van der Waals surface area contributed by atoms with Crippen molar-refractivity contribution in [3.8, 4) is 11.5 Å². The Hall–Kier alpha value is -3.69. The molecular weight excluding hydrogens is 411 g/mol. The molecule has 0 aliphatic rings. The first-order valence-corrected chi connectivity index (χ1v) is 9.31. The van der Waals surface area contributed by atoms with E-state index in [2.05, 4.69) is 10.3 Å². The highest BCUT2D eigenvalue weighted by molar-refractivity contribution is 5.97. The molecule has 1 aromatic carbocycles. The Morgan fingerprint density at radius 1 is 1.16 bits per heavy atom. The molecular formula is C21H23FN2O7. The van der Waals surface area contributed by atoms with E-state index in [0.29, 0.717) is 6.42 Å². The Bertz CT molecular complexity index is 918. The number of carbonyl (C=O) groups excluding carboxylic acids is 3. The van der Waals surface area contributed by atoms with Gasteiger partial charge in [0.05, 0.1) is 7.11 Å². The van der Waals surface area contributed by atoms with Crippen LogP contribution in [0.25, 0.3) is 0 Å². The van der Waals surface area contributed by atoms with Gasteiger partial charge in [-0.1, -0.05) is 12.1 Å². The number of esters is 2. The summed E-state index contributed by atoms with van der Waals surface area (Å²) in [5.41, 5.74) is 0.652. The van der Waals surface area contributed by atoms with E-state index in [4.69, 9.17) is 18.9 Å². The number of nitrogens with zero attached hydrogens (tertiary/aromatic N) is 1. The van der Waals surface area contributed by atoms with Gasteiger partial charge in [-0.3, -0.25) is 14.4 Å². The van der Waals surface area contributed by atoms with Crippen molar-refractivity contribution in [2.24, 2.45) is 0 Å². The highest BCUT2D eigenvalue weighted by Crippen LogP contribution is 2.29. The van der Waals surface area contributed by atoms with E-state index < -0.39 is 37.3 Å². The Kier molecular flexibility index (Phi) is 8.74. The molecule has 0 bridgehead atoms. The topological polar surface area (TPSA) is 113 Å². The number of aromatic nitrogens is 1. The molecule has 166 valence electrons. The van der Waals surface area contributed by atoms with Crippen LogP contribution in [0.15, 0.2) is 36.5 Å². The molecule has 0 radical (unpaired) electrons. The third-order valence-corrected chi connectivity index (χ3v) is 3.93. The first kappa shape index (κ1) is 23.6. The average Bonchev–Trinajstić information content (AvgIpc) is 2.73. The van der Waals surface area contributed by atoms with Crippen LogP contribution in [-0.2, 0) is 25.5 Å². The van der Waals surface area contributed by atoms with E-state index in [1.807, 2.05) is 0 Å². The molecule has 1 unspecified atom stereocenters. The second-order valence-corrected chi connectivity index (χ2v) is 6.40. The Balaban J connectivity index is 1.92. The van der Waals surface area contributed by atoms with Crippen LogP contribution in [0.1, 0.15) is 29.9 Å². The van der Waals surface area contributed by atoms with Crippen LogP contribution in [0.3, 0.4) is 0 Å². The van der Waals surface area contributed by atoms with Gasteiger partial charge in [0.15, 0.2) is 17.2 Å². The second kappa shape index (κ2) is 11.5. The lowest BCUT2D eigenvalue weighted by Gasteiger charge is -2.15. The minimum absolute atomic E-state index is 0.0400. The highest BCUT2D eigenvalue weighted by Gasteiger charge is 2.21. The van der Waals surface area contributed by atoms with Crippen LogP contribution in [-0.4, -0.2) is 49.4 Å². The number of hydrogen-bond acceptors (Lipinski definition) is 8. The molecule has 2 aromatic rings. The van der Waals surface area contributed by atoms with Gasteiger partial charge in [-0.25, -0.2) is 9.37 Å². The van der Waals surface area contributed by atoms with Crippen molar-refractivity contribution in [2.75, 3.05) is 20.4 Å². The minimum Gasteiger partial charge on any atom is -0.493 e. The summed E-state index contributed by atoms with van der Waals surface area (Å²) in [6.07, 6.45) is 1.24. The van der Waals surface area contributed by atoms with Crippen molar-refractivity contribution in [1.29, 1.82) is 0 Å². The first-order chi connectivity index (χ1) is 14.8. The zero-order valence-corrected chi connectivity index (χ0v) is 17.3. The normalized spacial score (nSPS) is 11.2.